The zero-order valence-corrected chi connectivity index (χ0v) is 44.9. The third kappa shape index (κ3) is 13.6. The van der Waals surface area contributed by atoms with E-state index in [1.165, 1.54) is 11.1 Å². The fourth-order valence-electron chi connectivity index (χ4n) is 12.0. The van der Waals surface area contributed by atoms with Gasteiger partial charge in [-0.05, 0) is 128 Å². The quantitative estimate of drug-likeness (QED) is 0.0956. The number of nitrogens with zero attached hydrogens (tertiary/aromatic N) is 4. The van der Waals surface area contributed by atoms with Crippen LogP contribution in [0.2, 0.25) is 0 Å². The molecule has 6 fully saturated rings. The number of nitrogens with one attached hydrogen (secondary N) is 8. The van der Waals surface area contributed by atoms with Crippen LogP contribution in [0.1, 0.15) is 127 Å². The van der Waals surface area contributed by atoms with Crippen LogP contribution in [0.25, 0.3) is 0 Å². The molecule has 20 heteroatoms. The number of unbranched alkanes of at least 4 members (excludes halogenated alkanes) is 3. The molecule has 0 radical (unpaired) electrons. The summed E-state index contributed by atoms with van der Waals surface area (Å²) in [5.74, 6) is -1.02. The molecule has 2 aromatic carbocycles. The van der Waals surface area contributed by atoms with Gasteiger partial charge in [0.2, 0.25) is 35.4 Å². The summed E-state index contributed by atoms with van der Waals surface area (Å²) < 4.78 is 0. The lowest BCUT2D eigenvalue weighted by Gasteiger charge is -2.40. The highest BCUT2D eigenvalue weighted by Gasteiger charge is 2.48. The molecule has 4 aliphatic heterocycles. The van der Waals surface area contributed by atoms with Crippen molar-refractivity contribution in [2.75, 3.05) is 53.4 Å². The van der Waals surface area contributed by atoms with Gasteiger partial charge in [0.1, 0.15) is 24.2 Å². The Morgan fingerprint density at radius 1 is 0.513 bits per heavy atom. The van der Waals surface area contributed by atoms with E-state index in [1.807, 2.05) is 36.4 Å². The molecule has 0 bridgehead atoms. The molecular weight excluding hydrogens is 969 g/mol. The number of likely N-dealkylation sites (N-methyl/N-ethyl adjacent to an activating group) is 2. The first kappa shape index (κ1) is 55.9. The minimum absolute atomic E-state index is 0.0357. The zero-order chi connectivity index (χ0) is 53.9. The molecular formula is C56H82N12O8. The number of carbonyl (C=O) groups excluding carboxylic acids is 8. The van der Waals surface area contributed by atoms with E-state index in [0.717, 1.165) is 38.5 Å². The number of rotatable bonds is 19. The molecule has 8 rings (SSSR count). The standard InChI is InChI=1S/C56H82N12O8/c1-35(57-3)49(69)63-45-33-65(27-23-43-19-21-47(67(43)53(45)73)51(71)61-41-29-39(30-41)37-15-9-7-10-16-37)55(75)59-25-13-5-6-14-26-60-56(76)66-28-24-44-20-22-48(68(44)54(74)46(34-66)64-50(70)36(2)58-4)52(72)62-42-31-40(32-42)38-17-11-8-12-18-38/h7-12,15-18,35-36,39-48,57-58H,5-6,13-14,19-34H2,1-4H3,(H,59,75)(H,60,76)(H,61,71)(H,62,72)(H,63,69)(H,64,70)/t35-,36-,39?,40?,41?,42?,43+,44+,45-,46-,47-,48?/m0/s1. The lowest BCUT2D eigenvalue weighted by atomic mass is 9.76. The second-order valence-corrected chi connectivity index (χ2v) is 22.0. The van der Waals surface area contributed by atoms with Crippen LogP contribution in [0.15, 0.2) is 60.7 Å². The molecule has 2 aromatic rings. The third-order valence-corrected chi connectivity index (χ3v) is 17.0. The second kappa shape index (κ2) is 26.2. The Bertz CT molecular complexity index is 2190. The van der Waals surface area contributed by atoms with Crippen LogP contribution in [0.3, 0.4) is 0 Å². The number of fused-ring (bicyclic) bond motifs is 2. The summed E-state index contributed by atoms with van der Waals surface area (Å²) in [6.45, 7) is 4.81. The number of carbonyl (C=O) groups is 8. The Balaban J connectivity index is 0.772. The van der Waals surface area contributed by atoms with E-state index in [0.29, 0.717) is 89.4 Å². The maximum absolute atomic E-state index is 14.4. The first-order valence-electron chi connectivity index (χ1n) is 28.1. The summed E-state index contributed by atoms with van der Waals surface area (Å²) in [6, 6.07) is 14.9. The van der Waals surface area contributed by atoms with Gasteiger partial charge in [-0.2, -0.15) is 0 Å². The SMILES string of the molecule is CN[C@@H](C)C(=O)N[C@H]1CN(C(=O)NCCCCCCNC(=O)N2CC[C@H]3CC[C@@H](C(=O)NC4CC(c5ccccc5)C4)N3C(=O)[C@@H](NC(=O)[C@H](C)NC)C2)CC[C@H]2CCC(C(=O)NC3CC(c4ccccc4)C3)N2C1=O. The zero-order valence-electron chi connectivity index (χ0n) is 44.9. The molecule has 0 aromatic heterocycles. The topological polar surface area (TPSA) is 246 Å². The number of urea groups is 2. The average Bonchev–Trinajstić information content (AvgIpc) is 4.04. The lowest BCUT2D eigenvalue weighted by molar-refractivity contribution is -0.145. The van der Waals surface area contributed by atoms with Gasteiger partial charge in [-0.15, -0.1) is 0 Å². The number of amides is 10. The maximum atomic E-state index is 14.4. The molecule has 414 valence electrons. The Labute approximate surface area is 447 Å². The van der Waals surface area contributed by atoms with Gasteiger partial charge in [0, 0.05) is 50.3 Å². The highest BCUT2D eigenvalue weighted by molar-refractivity contribution is 5.95. The highest BCUT2D eigenvalue weighted by atomic mass is 16.2. The first-order chi connectivity index (χ1) is 36.7. The van der Waals surface area contributed by atoms with Crippen LogP contribution in [0.4, 0.5) is 9.59 Å². The van der Waals surface area contributed by atoms with Gasteiger partial charge in [-0.1, -0.05) is 73.5 Å². The molecule has 0 spiro atoms. The highest BCUT2D eigenvalue weighted by Crippen LogP contribution is 2.39. The molecule has 1 unspecified atom stereocenters. The largest absolute Gasteiger partial charge is 0.352 e. The van der Waals surface area contributed by atoms with E-state index in [2.05, 4.69) is 66.8 Å². The van der Waals surface area contributed by atoms with E-state index < -0.39 is 36.3 Å². The molecule has 4 heterocycles. The van der Waals surface area contributed by atoms with Crippen molar-refractivity contribution in [3.05, 3.63) is 71.8 Å². The minimum Gasteiger partial charge on any atom is -0.352 e. The molecule has 4 saturated heterocycles. The normalized spacial score (nSPS) is 28.1. The second-order valence-electron chi connectivity index (χ2n) is 22.0. The van der Waals surface area contributed by atoms with Crippen LogP contribution in [0.5, 0.6) is 0 Å². The van der Waals surface area contributed by atoms with Crippen molar-refractivity contribution in [1.29, 1.82) is 0 Å². The Kier molecular flexibility index (Phi) is 19.3. The maximum Gasteiger partial charge on any atom is 0.317 e. The van der Waals surface area contributed by atoms with Crippen LogP contribution in [-0.2, 0) is 28.8 Å². The van der Waals surface area contributed by atoms with Crippen LogP contribution < -0.4 is 42.5 Å². The van der Waals surface area contributed by atoms with Gasteiger partial charge >= 0.3 is 12.1 Å². The molecule has 10 amide bonds. The number of hydrogen-bond acceptors (Lipinski definition) is 10. The summed E-state index contributed by atoms with van der Waals surface area (Å²) in [5.41, 5.74) is 2.52. The molecule has 8 N–H and O–H groups in total. The van der Waals surface area contributed by atoms with Crippen molar-refractivity contribution >= 4 is 47.5 Å². The summed E-state index contributed by atoms with van der Waals surface area (Å²) >= 11 is 0. The summed E-state index contributed by atoms with van der Waals surface area (Å²) in [4.78, 5) is 117. The fraction of sp³-hybridized carbons (Fsp3) is 0.643. The van der Waals surface area contributed by atoms with Crippen molar-refractivity contribution in [3.63, 3.8) is 0 Å². The van der Waals surface area contributed by atoms with E-state index in [9.17, 15) is 38.4 Å². The van der Waals surface area contributed by atoms with Gasteiger partial charge in [0.15, 0.2) is 0 Å². The van der Waals surface area contributed by atoms with Crippen LogP contribution in [-0.4, -0.2) is 181 Å². The molecule has 2 aliphatic carbocycles. The molecule has 2 saturated carbocycles. The van der Waals surface area contributed by atoms with Crippen LogP contribution in [0, 0.1) is 0 Å². The van der Waals surface area contributed by atoms with E-state index >= 15 is 0 Å². The predicted octanol–water partition coefficient (Wildman–Crippen LogP) is 2.41. The smallest absolute Gasteiger partial charge is 0.317 e. The third-order valence-electron chi connectivity index (χ3n) is 17.0. The monoisotopic (exact) mass is 1050 g/mol. The molecule has 6 aliphatic rings. The van der Waals surface area contributed by atoms with E-state index in [1.54, 1.807) is 47.5 Å². The Morgan fingerprint density at radius 2 is 0.895 bits per heavy atom. The molecule has 8 atom stereocenters. The van der Waals surface area contributed by atoms with Gasteiger partial charge in [0.05, 0.1) is 25.2 Å². The first-order valence-corrected chi connectivity index (χ1v) is 28.1. The van der Waals surface area contributed by atoms with Crippen molar-refractivity contribution in [2.24, 2.45) is 0 Å². The van der Waals surface area contributed by atoms with Crippen molar-refractivity contribution in [2.45, 2.75) is 176 Å². The average molecular weight is 1050 g/mol. The Morgan fingerprint density at radius 3 is 1.26 bits per heavy atom. The van der Waals surface area contributed by atoms with E-state index in [4.69, 9.17) is 0 Å². The minimum atomic E-state index is -1.04. The Hall–Kier alpha value is -6.28. The number of benzene rings is 2. The van der Waals surface area contributed by atoms with Gasteiger partial charge in [-0.3, -0.25) is 28.8 Å². The van der Waals surface area contributed by atoms with Crippen molar-refractivity contribution in [3.8, 4) is 0 Å². The van der Waals surface area contributed by atoms with Gasteiger partial charge in [0.25, 0.3) is 0 Å². The summed E-state index contributed by atoms with van der Waals surface area (Å²) in [5, 5.41) is 24.0. The van der Waals surface area contributed by atoms with Crippen LogP contribution >= 0.6 is 0 Å². The lowest BCUT2D eigenvalue weighted by Crippen LogP contribution is -2.63. The molecule has 76 heavy (non-hydrogen) atoms. The van der Waals surface area contributed by atoms with Gasteiger partial charge in [-0.25, -0.2) is 9.59 Å². The summed E-state index contributed by atoms with van der Waals surface area (Å²) in [7, 11) is 3.32. The van der Waals surface area contributed by atoms with E-state index in [-0.39, 0.29) is 84.8 Å². The van der Waals surface area contributed by atoms with Gasteiger partial charge < -0.3 is 62.1 Å². The number of hydrogen-bond donors (Lipinski definition) is 8. The predicted molar refractivity (Wildman–Crippen MR) is 287 cm³/mol. The van der Waals surface area contributed by atoms with Crippen molar-refractivity contribution < 1.29 is 38.4 Å². The van der Waals surface area contributed by atoms with Crippen molar-refractivity contribution in [1.82, 2.24) is 62.1 Å². The summed E-state index contributed by atoms with van der Waals surface area (Å²) in [6.07, 6.45) is 9.57. The molecule has 20 nitrogen and oxygen atoms in total. The fourth-order valence-corrected chi connectivity index (χ4v) is 12.0.